The number of carboxylic acid groups (broad SMARTS) is 2. The maximum Gasteiger partial charge on any atom is 0.337 e. The van der Waals surface area contributed by atoms with E-state index in [0.717, 1.165) is 6.07 Å². The van der Waals surface area contributed by atoms with Crippen molar-refractivity contribution >= 4 is 35.1 Å². The molecule has 0 spiro atoms. The molecule has 19 nitrogen and oxygen atoms in total. The van der Waals surface area contributed by atoms with Crippen molar-refractivity contribution in [3.05, 3.63) is 120 Å². The van der Waals surface area contributed by atoms with Crippen LogP contribution in [0.1, 0.15) is 52.8 Å². The minimum atomic E-state index is -1.37. The number of anilines is 2. The highest BCUT2D eigenvalue weighted by atomic mass is 16.5. The highest BCUT2D eigenvalue weighted by molar-refractivity contribution is 6.08. The molecule has 0 aliphatic rings. The molecule has 0 unspecified atom stereocenters. The molecule has 0 aliphatic heterocycles. The Kier molecular flexibility index (Phi) is 10.0. The maximum absolute atomic E-state index is 13.0. The van der Waals surface area contributed by atoms with Crippen LogP contribution >= 0.6 is 0 Å². The Bertz CT molecular complexity index is 2360. The van der Waals surface area contributed by atoms with E-state index in [0.29, 0.717) is 11.6 Å². The summed E-state index contributed by atoms with van der Waals surface area (Å²) in [6.45, 7) is -0.143. The summed E-state index contributed by atoms with van der Waals surface area (Å²) in [5, 5.41) is 50.5. The second-order valence-corrected chi connectivity index (χ2v) is 10.8. The lowest BCUT2D eigenvalue weighted by molar-refractivity contribution is 0.0686. The molecule has 53 heavy (non-hydrogen) atoms. The normalized spacial score (nSPS) is 10.6. The van der Waals surface area contributed by atoms with Gasteiger partial charge in [-0.05, 0) is 42.0 Å². The first-order chi connectivity index (χ1) is 25.6. The van der Waals surface area contributed by atoms with E-state index >= 15 is 0 Å². The van der Waals surface area contributed by atoms with E-state index in [2.05, 4.69) is 41.0 Å². The second-order valence-electron chi connectivity index (χ2n) is 10.8. The van der Waals surface area contributed by atoms with Crippen LogP contribution in [0.5, 0.6) is 11.5 Å². The van der Waals surface area contributed by atoms with Crippen molar-refractivity contribution in [1.29, 1.82) is 5.26 Å². The first-order valence-corrected chi connectivity index (χ1v) is 15.3. The van der Waals surface area contributed by atoms with Crippen molar-refractivity contribution in [3.8, 4) is 29.2 Å². The average molecular weight is 716 g/mol. The zero-order valence-electron chi connectivity index (χ0n) is 27.4. The maximum atomic E-state index is 13.0. The largest absolute Gasteiger partial charge is 0.493 e. The van der Waals surface area contributed by atoms with E-state index in [1.54, 1.807) is 33.9 Å². The van der Waals surface area contributed by atoms with E-state index < -0.39 is 23.8 Å². The molecule has 4 heterocycles. The lowest BCUT2D eigenvalue weighted by atomic mass is 10.00. The fraction of sp³-hybridized carbons (Fsp3) is 0.0882. The lowest BCUT2D eigenvalue weighted by Crippen LogP contribution is -2.18. The number of nitrogens with zero attached hydrogens (tertiary/aromatic N) is 9. The Morgan fingerprint density at radius 1 is 0.755 bits per heavy atom. The molecule has 19 heteroatoms. The van der Waals surface area contributed by atoms with Gasteiger partial charge in [0.05, 0.1) is 47.9 Å². The predicted octanol–water partition coefficient (Wildman–Crippen LogP) is 3.04. The van der Waals surface area contributed by atoms with Crippen molar-refractivity contribution in [2.75, 3.05) is 24.4 Å². The van der Waals surface area contributed by atoms with Crippen LogP contribution in [0.4, 0.5) is 11.4 Å². The van der Waals surface area contributed by atoms with Gasteiger partial charge in [-0.25, -0.2) is 19.6 Å². The van der Waals surface area contributed by atoms with Gasteiger partial charge in [0.2, 0.25) is 0 Å². The molecule has 2 amide bonds. The molecule has 0 saturated carbocycles. The molecule has 4 aromatic heterocycles. The van der Waals surface area contributed by atoms with Gasteiger partial charge in [0.1, 0.15) is 12.7 Å². The number of aromatic carboxylic acids is 2. The number of carbonyl (C=O) groups is 4. The molecule has 6 aromatic rings. The number of carbonyl (C=O) groups excluding carboxylic acids is 2. The zero-order chi connectivity index (χ0) is 37.5. The lowest BCUT2D eigenvalue weighted by Gasteiger charge is -2.16. The SMILES string of the molecule is COc1cc(C(=O)O)c(NC(=O)c2ccc(-n3ccnc3)nn2)cc1OCCc1cc(C(=O)O)c(NC(=O)c2ccc(-n3ccnc3)nn2)cc1C#N. The van der Waals surface area contributed by atoms with Gasteiger partial charge in [0, 0.05) is 43.3 Å². The molecule has 6 rings (SSSR count). The zero-order valence-corrected chi connectivity index (χ0v) is 27.4. The van der Waals surface area contributed by atoms with Gasteiger partial charge >= 0.3 is 11.9 Å². The van der Waals surface area contributed by atoms with E-state index in [4.69, 9.17) is 9.47 Å². The monoisotopic (exact) mass is 715 g/mol. The summed E-state index contributed by atoms with van der Waals surface area (Å²) >= 11 is 0. The minimum absolute atomic E-state index is 0.00295. The van der Waals surface area contributed by atoms with Crippen molar-refractivity contribution < 1.29 is 38.9 Å². The number of benzene rings is 2. The number of ether oxygens (including phenoxy) is 2. The number of nitriles is 1. The van der Waals surface area contributed by atoms with Gasteiger partial charge < -0.3 is 30.3 Å². The molecular weight excluding hydrogens is 690 g/mol. The Morgan fingerprint density at radius 3 is 1.75 bits per heavy atom. The molecule has 0 atom stereocenters. The fourth-order valence-corrected chi connectivity index (χ4v) is 4.95. The third kappa shape index (κ3) is 7.76. The number of hydrogen-bond donors (Lipinski definition) is 4. The summed E-state index contributed by atoms with van der Waals surface area (Å²) < 4.78 is 14.4. The summed E-state index contributed by atoms with van der Waals surface area (Å²) in [5.74, 6) is -3.37. The number of rotatable bonds is 13. The summed E-state index contributed by atoms with van der Waals surface area (Å²) in [4.78, 5) is 58.1. The van der Waals surface area contributed by atoms with Gasteiger partial charge in [-0.2, -0.15) is 5.26 Å². The highest BCUT2D eigenvalue weighted by Crippen LogP contribution is 2.34. The standard InChI is InChI=1S/C34H25N11O8/c1-52-27-14-22(34(50)51)26(39-32(47)24-3-5-30(43-41-24)45-10-8-37-18-45)15-28(27)53-11-6-19-12-21(33(48)49)25(13-20(19)16-35)38-31(46)23-2-4-29(42-40-23)44-9-7-36-17-44/h2-5,7-10,12-15,17-18H,6,11H2,1H3,(H,38,46)(H,39,47)(H,48,49)(H,50,51). The first kappa shape index (κ1) is 34.8. The Morgan fingerprint density at radius 2 is 1.30 bits per heavy atom. The number of methoxy groups -OCH3 is 1. The third-order valence-corrected chi connectivity index (χ3v) is 7.56. The quantitative estimate of drug-likeness (QED) is 0.134. The third-order valence-electron chi connectivity index (χ3n) is 7.56. The van der Waals surface area contributed by atoms with Gasteiger partial charge in [-0.3, -0.25) is 18.7 Å². The van der Waals surface area contributed by atoms with Crippen LogP contribution in [0.3, 0.4) is 0 Å². The van der Waals surface area contributed by atoms with Crippen molar-refractivity contribution in [2.45, 2.75) is 6.42 Å². The van der Waals surface area contributed by atoms with Gasteiger partial charge in [-0.1, -0.05) is 0 Å². The Labute approximate surface area is 298 Å². The van der Waals surface area contributed by atoms with Crippen LogP contribution < -0.4 is 20.1 Å². The molecule has 0 saturated heterocycles. The first-order valence-electron chi connectivity index (χ1n) is 15.3. The molecule has 0 aliphatic carbocycles. The van der Waals surface area contributed by atoms with Gasteiger partial charge in [-0.15, -0.1) is 20.4 Å². The van der Waals surface area contributed by atoms with Crippen LogP contribution in [0, 0.1) is 11.3 Å². The van der Waals surface area contributed by atoms with Gasteiger partial charge in [0.25, 0.3) is 11.8 Å². The topological polar surface area (TPSA) is 262 Å². The number of nitrogens with one attached hydrogen (secondary N) is 2. The van der Waals surface area contributed by atoms with Crippen LogP contribution in [0.2, 0.25) is 0 Å². The smallest absolute Gasteiger partial charge is 0.337 e. The number of amides is 2. The summed E-state index contributed by atoms with van der Waals surface area (Å²) in [6, 6.07) is 12.8. The van der Waals surface area contributed by atoms with Crippen LogP contribution in [-0.2, 0) is 6.42 Å². The average Bonchev–Trinajstić information content (AvgIpc) is 3.91. The summed E-state index contributed by atoms with van der Waals surface area (Å²) in [5.41, 5.74) is -0.751. The number of hydrogen-bond acceptors (Lipinski definition) is 13. The van der Waals surface area contributed by atoms with E-state index in [-0.39, 0.29) is 69.5 Å². The molecule has 0 radical (unpaired) electrons. The van der Waals surface area contributed by atoms with E-state index in [1.165, 1.54) is 62.2 Å². The van der Waals surface area contributed by atoms with E-state index in [1.807, 2.05) is 6.07 Å². The summed E-state index contributed by atoms with van der Waals surface area (Å²) in [6.07, 6.45) is 9.40. The summed E-state index contributed by atoms with van der Waals surface area (Å²) in [7, 11) is 1.29. The molecule has 264 valence electrons. The molecule has 2 aromatic carbocycles. The van der Waals surface area contributed by atoms with Crippen LogP contribution in [-0.4, -0.2) is 87.2 Å². The van der Waals surface area contributed by atoms with Crippen molar-refractivity contribution in [2.24, 2.45) is 0 Å². The van der Waals surface area contributed by atoms with Crippen molar-refractivity contribution in [1.82, 2.24) is 39.5 Å². The van der Waals surface area contributed by atoms with Gasteiger partial charge in [0.15, 0.2) is 34.5 Å². The molecule has 4 N–H and O–H groups in total. The van der Waals surface area contributed by atoms with Crippen LogP contribution in [0.25, 0.3) is 11.6 Å². The second kappa shape index (κ2) is 15.3. The number of carboxylic acids is 2. The fourth-order valence-electron chi connectivity index (χ4n) is 4.95. The Balaban J connectivity index is 1.18. The Hall–Kier alpha value is -8.01. The predicted molar refractivity (Wildman–Crippen MR) is 181 cm³/mol. The molecule has 0 fully saturated rings. The number of aromatic nitrogens is 8. The van der Waals surface area contributed by atoms with E-state index in [9.17, 15) is 34.7 Å². The molecule has 0 bridgehead atoms. The minimum Gasteiger partial charge on any atom is -0.493 e. The molecular formula is C34H25N11O8. The highest BCUT2D eigenvalue weighted by Gasteiger charge is 2.22. The van der Waals surface area contributed by atoms with Crippen LogP contribution in [0.15, 0.2) is 86.0 Å². The number of imidazole rings is 2. The van der Waals surface area contributed by atoms with Crippen molar-refractivity contribution in [3.63, 3.8) is 0 Å².